The molecule has 14 heavy (non-hydrogen) atoms. The lowest BCUT2D eigenvalue weighted by Gasteiger charge is -2.08. The highest BCUT2D eigenvalue weighted by molar-refractivity contribution is 7.80. The summed E-state index contributed by atoms with van der Waals surface area (Å²) < 4.78 is 5.26. The summed E-state index contributed by atoms with van der Waals surface area (Å²) in [6, 6.07) is 0. The number of nitrogens with zero attached hydrogens (tertiary/aromatic N) is 2. The molecule has 1 heterocycles. The van der Waals surface area contributed by atoms with Crippen LogP contribution >= 0.6 is 12.2 Å². The molecular formula is C10H14N2OS. The number of hydrogen-bond acceptors (Lipinski definition) is 4. The molecule has 0 atom stereocenters. The van der Waals surface area contributed by atoms with Crippen LogP contribution in [0.3, 0.4) is 0 Å². The number of thiocarbonyl (C=S) groups is 1. The van der Waals surface area contributed by atoms with Crippen LogP contribution < -0.4 is 0 Å². The van der Waals surface area contributed by atoms with Crippen LogP contribution in [-0.2, 0) is 11.2 Å². The summed E-state index contributed by atoms with van der Waals surface area (Å²) in [6.07, 6.45) is 2.57. The van der Waals surface area contributed by atoms with Crippen molar-refractivity contribution in [3.8, 4) is 0 Å². The van der Waals surface area contributed by atoms with Crippen molar-refractivity contribution >= 4 is 17.3 Å². The Kier molecular flexibility index (Phi) is 3.95. The van der Waals surface area contributed by atoms with Gasteiger partial charge in [-0.25, -0.2) is 9.97 Å². The predicted molar refractivity (Wildman–Crippen MR) is 59.5 cm³/mol. The quantitative estimate of drug-likeness (QED) is 0.715. The monoisotopic (exact) mass is 210 g/mol. The van der Waals surface area contributed by atoms with Crippen molar-refractivity contribution in [3.63, 3.8) is 0 Å². The summed E-state index contributed by atoms with van der Waals surface area (Å²) in [5, 5.41) is 0.490. The van der Waals surface area contributed by atoms with Crippen molar-refractivity contribution in [2.75, 3.05) is 6.61 Å². The normalized spacial score (nSPS) is 9.93. The number of hydrogen-bond donors (Lipinski definition) is 0. The Bertz CT molecular complexity index is 339. The first kappa shape index (κ1) is 11.0. The van der Waals surface area contributed by atoms with Gasteiger partial charge in [0.15, 0.2) is 5.05 Å². The minimum absolute atomic E-state index is 0.490. The molecule has 0 bridgehead atoms. The molecule has 0 radical (unpaired) electrons. The standard InChI is InChI=1S/C10H14N2OS/c1-4-9-8(10(14)13-5-2)6-11-7(3)12-9/h6H,4-5H2,1-3H3. The van der Waals surface area contributed by atoms with Crippen molar-refractivity contribution in [2.45, 2.75) is 27.2 Å². The largest absolute Gasteiger partial charge is 0.483 e. The van der Waals surface area contributed by atoms with Gasteiger partial charge in [-0.3, -0.25) is 0 Å². The zero-order chi connectivity index (χ0) is 10.6. The maximum Gasteiger partial charge on any atom is 0.194 e. The Labute approximate surface area is 89.5 Å². The molecule has 0 aliphatic carbocycles. The average Bonchev–Trinajstić information content (AvgIpc) is 2.17. The third-order valence-electron chi connectivity index (χ3n) is 1.82. The molecule has 0 fully saturated rings. The van der Waals surface area contributed by atoms with Crippen molar-refractivity contribution in [1.29, 1.82) is 0 Å². The van der Waals surface area contributed by atoms with Gasteiger partial charge in [0.2, 0.25) is 0 Å². The molecule has 0 saturated heterocycles. The molecular weight excluding hydrogens is 196 g/mol. The van der Waals surface area contributed by atoms with Crippen LogP contribution in [0.1, 0.15) is 30.9 Å². The Hall–Kier alpha value is -1.03. The summed E-state index contributed by atoms with van der Waals surface area (Å²) in [5.74, 6) is 0.768. The minimum Gasteiger partial charge on any atom is -0.483 e. The molecule has 1 rings (SSSR count). The van der Waals surface area contributed by atoms with Crippen LogP contribution in [0, 0.1) is 6.92 Å². The summed E-state index contributed by atoms with van der Waals surface area (Å²) in [5.41, 5.74) is 1.80. The maximum absolute atomic E-state index is 5.26. The number of aryl methyl sites for hydroxylation is 2. The van der Waals surface area contributed by atoms with Gasteiger partial charge in [-0.2, -0.15) is 0 Å². The van der Waals surface area contributed by atoms with E-state index in [1.54, 1.807) is 6.20 Å². The Morgan fingerprint density at radius 3 is 2.79 bits per heavy atom. The Balaban J connectivity index is 3.01. The van der Waals surface area contributed by atoms with E-state index in [0.717, 1.165) is 23.5 Å². The molecule has 0 amide bonds. The zero-order valence-corrected chi connectivity index (χ0v) is 9.52. The molecule has 0 aromatic carbocycles. The van der Waals surface area contributed by atoms with Gasteiger partial charge in [-0.15, -0.1) is 0 Å². The molecule has 0 aliphatic heterocycles. The van der Waals surface area contributed by atoms with E-state index in [2.05, 4.69) is 9.97 Å². The smallest absolute Gasteiger partial charge is 0.194 e. The molecule has 1 aromatic rings. The number of ether oxygens (including phenoxy) is 1. The number of rotatable bonds is 3. The zero-order valence-electron chi connectivity index (χ0n) is 8.70. The van der Waals surface area contributed by atoms with Crippen molar-refractivity contribution in [1.82, 2.24) is 9.97 Å². The fraction of sp³-hybridized carbons (Fsp3) is 0.500. The summed E-state index contributed by atoms with van der Waals surface area (Å²) >= 11 is 5.11. The summed E-state index contributed by atoms with van der Waals surface area (Å²) in [6.45, 7) is 6.40. The van der Waals surface area contributed by atoms with E-state index >= 15 is 0 Å². The Morgan fingerprint density at radius 1 is 1.50 bits per heavy atom. The second-order valence-corrected chi connectivity index (χ2v) is 3.22. The van der Waals surface area contributed by atoms with Crippen LogP contribution in [0.2, 0.25) is 0 Å². The van der Waals surface area contributed by atoms with E-state index in [1.807, 2.05) is 20.8 Å². The van der Waals surface area contributed by atoms with Crippen LogP contribution in [0.5, 0.6) is 0 Å². The predicted octanol–water partition coefficient (Wildman–Crippen LogP) is 2.06. The van der Waals surface area contributed by atoms with Gasteiger partial charge in [0.25, 0.3) is 0 Å². The molecule has 3 nitrogen and oxygen atoms in total. The second kappa shape index (κ2) is 5.00. The highest BCUT2D eigenvalue weighted by Gasteiger charge is 2.09. The van der Waals surface area contributed by atoms with Gasteiger partial charge in [0.1, 0.15) is 5.82 Å². The maximum atomic E-state index is 5.26. The van der Waals surface area contributed by atoms with Gasteiger partial charge in [-0.05, 0) is 32.5 Å². The lowest BCUT2D eigenvalue weighted by atomic mass is 10.2. The van der Waals surface area contributed by atoms with E-state index in [-0.39, 0.29) is 0 Å². The molecule has 76 valence electrons. The van der Waals surface area contributed by atoms with E-state index in [0.29, 0.717) is 11.7 Å². The van der Waals surface area contributed by atoms with Crippen molar-refractivity contribution in [3.05, 3.63) is 23.3 Å². The minimum atomic E-state index is 0.490. The van der Waals surface area contributed by atoms with Crippen LogP contribution in [0.4, 0.5) is 0 Å². The molecule has 4 heteroatoms. The first-order valence-corrected chi connectivity index (χ1v) is 5.09. The van der Waals surface area contributed by atoms with E-state index in [9.17, 15) is 0 Å². The first-order chi connectivity index (χ1) is 6.69. The van der Waals surface area contributed by atoms with Gasteiger partial charge >= 0.3 is 0 Å². The van der Waals surface area contributed by atoms with E-state index in [1.165, 1.54) is 0 Å². The highest BCUT2D eigenvalue weighted by atomic mass is 32.1. The van der Waals surface area contributed by atoms with E-state index < -0.39 is 0 Å². The fourth-order valence-electron chi connectivity index (χ4n) is 1.17. The fourth-order valence-corrected chi connectivity index (χ4v) is 1.45. The first-order valence-electron chi connectivity index (χ1n) is 4.68. The Morgan fingerprint density at radius 2 is 2.21 bits per heavy atom. The van der Waals surface area contributed by atoms with Crippen LogP contribution in [0.25, 0.3) is 0 Å². The van der Waals surface area contributed by atoms with Crippen molar-refractivity contribution < 1.29 is 4.74 Å². The van der Waals surface area contributed by atoms with Crippen LogP contribution in [-0.4, -0.2) is 21.6 Å². The lowest BCUT2D eigenvalue weighted by molar-refractivity contribution is 0.337. The highest BCUT2D eigenvalue weighted by Crippen LogP contribution is 2.08. The van der Waals surface area contributed by atoms with Gasteiger partial charge in [0.05, 0.1) is 17.9 Å². The van der Waals surface area contributed by atoms with Gasteiger partial charge < -0.3 is 4.74 Å². The van der Waals surface area contributed by atoms with Gasteiger partial charge in [-0.1, -0.05) is 6.92 Å². The van der Waals surface area contributed by atoms with Crippen molar-refractivity contribution in [2.24, 2.45) is 0 Å². The molecule has 0 spiro atoms. The summed E-state index contributed by atoms with van der Waals surface area (Å²) in [7, 11) is 0. The lowest BCUT2D eigenvalue weighted by Crippen LogP contribution is -2.09. The summed E-state index contributed by atoms with van der Waals surface area (Å²) in [4.78, 5) is 8.43. The third-order valence-corrected chi connectivity index (χ3v) is 2.16. The molecule has 0 unspecified atom stereocenters. The molecule has 1 aromatic heterocycles. The molecule has 0 saturated carbocycles. The number of aromatic nitrogens is 2. The van der Waals surface area contributed by atoms with Gasteiger partial charge in [0, 0.05) is 6.20 Å². The SMILES string of the molecule is CCOC(=S)c1cnc(C)nc1CC. The van der Waals surface area contributed by atoms with E-state index in [4.69, 9.17) is 17.0 Å². The molecule has 0 aliphatic rings. The third kappa shape index (κ3) is 2.48. The topological polar surface area (TPSA) is 35.0 Å². The average molecular weight is 210 g/mol. The van der Waals surface area contributed by atoms with Crippen LogP contribution in [0.15, 0.2) is 6.20 Å². The molecule has 0 N–H and O–H groups in total. The second-order valence-electron chi connectivity index (χ2n) is 2.85.